The van der Waals surface area contributed by atoms with Crippen molar-refractivity contribution in [2.24, 2.45) is 0 Å². The van der Waals surface area contributed by atoms with Gasteiger partial charge in [0.05, 0.1) is 0 Å². The molecule has 16 aromatic carbocycles. The summed E-state index contributed by atoms with van der Waals surface area (Å²) >= 11 is 3.91. The summed E-state index contributed by atoms with van der Waals surface area (Å²) in [5, 5.41) is 20.3. The summed E-state index contributed by atoms with van der Waals surface area (Å²) in [6.45, 7) is -0.200. The molecule has 0 atom stereocenters. The lowest BCUT2D eigenvalue weighted by atomic mass is 9.44. The van der Waals surface area contributed by atoms with E-state index in [4.69, 9.17) is 0 Å². The first kappa shape index (κ1) is 50.8. The van der Waals surface area contributed by atoms with Gasteiger partial charge >= 0.3 is 13.7 Å². The Balaban J connectivity index is 0.772. The lowest BCUT2D eigenvalue weighted by Crippen LogP contribution is -2.56. The van der Waals surface area contributed by atoms with Gasteiger partial charge in [0.25, 0.3) is 0 Å². The van der Waals surface area contributed by atoms with Crippen LogP contribution in [0.15, 0.2) is 291 Å². The molecule has 0 bridgehead atoms. The van der Waals surface area contributed by atoms with Gasteiger partial charge in [-0.25, -0.2) is 0 Å². The largest absolute Gasteiger partial charge is 0.375 e. The number of anilines is 6. The molecule has 438 valence electrons. The van der Waals surface area contributed by atoms with Crippen LogP contribution in [0.2, 0.25) is 0 Å². The zero-order valence-corrected chi connectivity index (χ0v) is 53.1. The maximum atomic E-state index is 2.74. The Morgan fingerprint density at radius 3 is 1.40 bits per heavy atom. The molecule has 96 heavy (non-hydrogen) atoms. The molecular formula is C88H48B2N4S2. The fourth-order valence-corrected chi connectivity index (χ4v) is 20.9. The van der Waals surface area contributed by atoms with Crippen molar-refractivity contribution in [2.75, 3.05) is 9.80 Å². The van der Waals surface area contributed by atoms with Crippen LogP contribution in [0.5, 0.6) is 0 Å². The summed E-state index contributed by atoms with van der Waals surface area (Å²) in [6, 6.07) is 112. The highest BCUT2D eigenvalue weighted by Gasteiger charge is 2.47. The lowest BCUT2D eigenvalue weighted by molar-refractivity contribution is 1.27. The Hall–Kier alpha value is -11.7. The summed E-state index contributed by atoms with van der Waals surface area (Å²) in [7, 11) is 0. The molecule has 0 amide bonds. The molecule has 0 unspecified atom stereocenters. The summed E-state index contributed by atoms with van der Waals surface area (Å²) in [4.78, 5) is 5.21. The third-order valence-electron chi connectivity index (χ3n) is 22.3. The molecule has 0 spiro atoms. The number of benzene rings is 16. The molecule has 0 N–H and O–H groups in total. The number of rotatable bonds is 3. The SMILES string of the molecule is c1ccc2cc(N3c4cc5ccccc5cc4B4c5c3cc3c(sc6ccccc63)c5-c3cccc5c6cc(-c7cccc8c7sc7cc9c%10c(c78)-c7cccc8c%11ccccc%11n(c78)B%10c7cc8ccccc8cc7N9c7ccc8ccccc8c7)ccc6n4c35)ccc2c1. The van der Waals surface area contributed by atoms with Crippen molar-refractivity contribution in [3.63, 3.8) is 0 Å². The topological polar surface area (TPSA) is 16.3 Å². The van der Waals surface area contributed by atoms with Crippen LogP contribution in [0.4, 0.5) is 34.1 Å². The molecule has 24 rings (SSSR count). The minimum atomic E-state index is -0.110. The average molecular weight is 1250 g/mol. The van der Waals surface area contributed by atoms with Crippen LogP contribution in [0, 0.1) is 0 Å². The fourth-order valence-electron chi connectivity index (χ4n) is 18.4. The molecule has 4 aliphatic heterocycles. The Kier molecular flexibility index (Phi) is 9.62. The van der Waals surface area contributed by atoms with Crippen molar-refractivity contribution < 1.29 is 0 Å². The zero-order valence-electron chi connectivity index (χ0n) is 51.5. The first-order chi connectivity index (χ1) is 47.6. The van der Waals surface area contributed by atoms with Crippen LogP contribution >= 0.6 is 22.7 Å². The smallest absolute Gasteiger partial charge is 0.333 e. The minimum Gasteiger partial charge on any atom is -0.375 e. The van der Waals surface area contributed by atoms with Gasteiger partial charge in [0.15, 0.2) is 0 Å². The fraction of sp³-hybridized carbons (Fsp3) is 0. The minimum absolute atomic E-state index is 0.0906. The van der Waals surface area contributed by atoms with E-state index >= 15 is 0 Å². The highest BCUT2D eigenvalue weighted by Crippen LogP contribution is 2.55. The molecule has 8 heterocycles. The van der Waals surface area contributed by atoms with Gasteiger partial charge in [-0.2, -0.15) is 0 Å². The van der Waals surface area contributed by atoms with Crippen LogP contribution in [0.1, 0.15) is 0 Å². The average Bonchev–Trinajstić information content (AvgIpc) is 1.29. The normalized spacial score (nSPS) is 13.5. The van der Waals surface area contributed by atoms with Crippen molar-refractivity contribution >= 4 is 219 Å². The zero-order chi connectivity index (χ0) is 61.9. The molecule has 4 aromatic heterocycles. The molecule has 4 aliphatic rings. The maximum absolute atomic E-state index is 2.74. The van der Waals surface area contributed by atoms with E-state index in [1.807, 2.05) is 22.7 Å². The first-order valence-electron chi connectivity index (χ1n) is 33.3. The molecule has 0 radical (unpaired) electrons. The van der Waals surface area contributed by atoms with Gasteiger partial charge in [0.1, 0.15) is 0 Å². The summed E-state index contributed by atoms with van der Waals surface area (Å²) < 4.78 is 10.7. The van der Waals surface area contributed by atoms with Crippen molar-refractivity contribution in [3.05, 3.63) is 291 Å². The highest BCUT2D eigenvalue weighted by molar-refractivity contribution is 7.27. The van der Waals surface area contributed by atoms with Crippen molar-refractivity contribution in [1.29, 1.82) is 0 Å². The summed E-state index contributed by atoms with van der Waals surface area (Å²) in [6.07, 6.45) is 0. The van der Waals surface area contributed by atoms with Gasteiger partial charge in [0, 0.05) is 135 Å². The predicted octanol–water partition coefficient (Wildman–Crippen LogP) is 21.8. The Morgan fingerprint density at radius 1 is 0.271 bits per heavy atom. The second kappa shape index (κ2) is 18.2. The van der Waals surface area contributed by atoms with Gasteiger partial charge in [-0.3, -0.25) is 0 Å². The number of fused-ring (bicyclic) bond motifs is 26. The molecule has 0 saturated carbocycles. The molecule has 0 aliphatic carbocycles. The van der Waals surface area contributed by atoms with E-state index in [9.17, 15) is 0 Å². The van der Waals surface area contributed by atoms with Crippen LogP contribution in [0.3, 0.4) is 0 Å². The Labute approximate surface area is 558 Å². The van der Waals surface area contributed by atoms with E-state index in [0.717, 1.165) is 11.4 Å². The van der Waals surface area contributed by atoms with E-state index in [1.165, 1.54) is 205 Å². The van der Waals surface area contributed by atoms with Gasteiger partial charge < -0.3 is 18.8 Å². The third-order valence-corrected chi connectivity index (χ3v) is 24.7. The highest BCUT2D eigenvalue weighted by atomic mass is 32.1. The van der Waals surface area contributed by atoms with Crippen LogP contribution in [0.25, 0.3) is 160 Å². The van der Waals surface area contributed by atoms with Crippen molar-refractivity contribution in [2.45, 2.75) is 0 Å². The third kappa shape index (κ3) is 6.42. The maximum Gasteiger partial charge on any atom is 0.333 e. The molecular weight excluding hydrogens is 1200 g/mol. The second-order valence-corrected chi connectivity index (χ2v) is 29.1. The van der Waals surface area contributed by atoms with Gasteiger partial charge in [0.2, 0.25) is 0 Å². The number of para-hydroxylation sites is 3. The molecule has 0 fully saturated rings. The van der Waals surface area contributed by atoms with E-state index in [0.29, 0.717) is 0 Å². The van der Waals surface area contributed by atoms with Crippen LogP contribution in [-0.4, -0.2) is 22.7 Å². The van der Waals surface area contributed by atoms with Crippen molar-refractivity contribution in [3.8, 4) is 33.4 Å². The first-order valence-corrected chi connectivity index (χ1v) is 35.0. The molecule has 20 aromatic rings. The van der Waals surface area contributed by atoms with E-state index in [-0.39, 0.29) is 13.7 Å². The van der Waals surface area contributed by atoms with Gasteiger partial charge in [-0.15, -0.1) is 22.7 Å². The number of hydrogen-bond acceptors (Lipinski definition) is 4. The van der Waals surface area contributed by atoms with Crippen LogP contribution in [-0.2, 0) is 0 Å². The molecule has 0 saturated heterocycles. The molecule has 8 heteroatoms. The monoisotopic (exact) mass is 1250 g/mol. The second-order valence-electron chi connectivity index (χ2n) is 26.9. The number of thiophene rings is 2. The van der Waals surface area contributed by atoms with Gasteiger partial charge in [-0.05, 0) is 154 Å². The van der Waals surface area contributed by atoms with Crippen molar-refractivity contribution in [1.82, 2.24) is 8.96 Å². The Morgan fingerprint density at radius 2 is 0.750 bits per heavy atom. The Bertz CT molecular complexity index is 7030. The van der Waals surface area contributed by atoms with Gasteiger partial charge in [-0.1, -0.05) is 218 Å². The number of hydrogen-bond donors (Lipinski definition) is 0. The van der Waals surface area contributed by atoms with Crippen LogP contribution < -0.4 is 31.7 Å². The number of nitrogens with zero attached hydrogens (tertiary/aromatic N) is 4. The molecule has 4 nitrogen and oxygen atoms in total. The number of aromatic nitrogens is 2. The van der Waals surface area contributed by atoms with E-state index < -0.39 is 0 Å². The summed E-state index contributed by atoms with van der Waals surface area (Å²) in [5.41, 5.74) is 25.5. The van der Waals surface area contributed by atoms with E-state index in [1.54, 1.807) is 0 Å². The quantitative estimate of drug-likeness (QED) is 0.164. The lowest BCUT2D eigenvalue weighted by Gasteiger charge is -2.41. The summed E-state index contributed by atoms with van der Waals surface area (Å²) in [5.74, 6) is 0. The predicted molar refractivity (Wildman–Crippen MR) is 415 cm³/mol. The van der Waals surface area contributed by atoms with E-state index in [2.05, 4.69) is 310 Å². The standard InChI is InChI=1S/C88H48B2N4S2/c1-3-18-51-40-58(37-34-49(51)16-1)91-74-45-55-22-7-6-21-54(55)44-71(74)90-84-76(91)47-69-62-25-10-12-33-78(62)95-88(69)82(84)66-30-15-28-64-68-42-57(36-39-73(68)94(90)86(64)66)60-26-13-31-67-80-79(96-87(60)67)48-77-83-81(80)65-29-14-27-63-61-24-9-11-32-72(61)93(85(63)65)89(83)70-43-53-20-5-8-23-56(53)46-75(70)92(77)59-38-35-50-17-2-4-19-52(50)41-59/h1-48H.